The van der Waals surface area contributed by atoms with Crippen LogP contribution in [0.4, 0.5) is 0 Å². The Morgan fingerprint density at radius 2 is 1.90 bits per heavy atom. The fourth-order valence-corrected chi connectivity index (χ4v) is 4.19. The van der Waals surface area contributed by atoms with Gasteiger partial charge in [0, 0.05) is 30.1 Å². The van der Waals surface area contributed by atoms with Crippen LogP contribution in [0.3, 0.4) is 0 Å². The monoisotopic (exact) mass is 298 g/mol. The highest BCUT2D eigenvalue weighted by Gasteiger charge is 2.35. The van der Waals surface area contributed by atoms with Crippen LogP contribution >= 0.6 is 11.3 Å². The van der Waals surface area contributed by atoms with Crippen LogP contribution in [0.15, 0.2) is 47.8 Å². The number of nitrogens with one attached hydrogen (secondary N) is 1. The van der Waals surface area contributed by atoms with E-state index in [1.165, 1.54) is 42.8 Å². The molecule has 0 spiro atoms. The Balaban J connectivity index is 1.50. The molecule has 1 aliphatic heterocycles. The van der Waals surface area contributed by atoms with Gasteiger partial charge in [-0.05, 0) is 36.3 Å². The van der Waals surface area contributed by atoms with E-state index < -0.39 is 0 Å². The van der Waals surface area contributed by atoms with E-state index in [0.717, 1.165) is 6.04 Å². The minimum atomic E-state index is 0.343. The molecule has 2 unspecified atom stereocenters. The van der Waals surface area contributed by atoms with Gasteiger partial charge in [0.2, 0.25) is 0 Å². The third-order valence-corrected chi connectivity index (χ3v) is 5.58. The SMILES string of the molecule is c1ccc(C(NC2CCN(C3CC3)C2)c2cccs2)cc1. The molecule has 1 aliphatic carbocycles. The summed E-state index contributed by atoms with van der Waals surface area (Å²) in [7, 11) is 0. The normalized spacial score (nSPS) is 24.3. The molecule has 1 saturated heterocycles. The standard InChI is InChI=1S/C18H22N2S/c1-2-5-14(6-3-1)18(17-7-4-12-21-17)19-15-10-11-20(13-15)16-8-9-16/h1-7,12,15-16,18-19H,8-11,13H2. The van der Waals surface area contributed by atoms with Gasteiger partial charge in [0.15, 0.2) is 0 Å². The molecule has 2 fully saturated rings. The third kappa shape index (κ3) is 3.05. The second kappa shape index (κ2) is 5.91. The Morgan fingerprint density at radius 1 is 1.05 bits per heavy atom. The summed E-state index contributed by atoms with van der Waals surface area (Å²) in [5.41, 5.74) is 1.38. The summed E-state index contributed by atoms with van der Waals surface area (Å²) < 4.78 is 0. The summed E-state index contributed by atoms with van der Waals surface area (Å²) in [6, 6.07) is 17.1. The zero-order valence-electron chi connectivity index (χ0n) is 12.2. The van der Waals surface area contributed by atoms with Gasteiger partial charge in [-0.2, -0.15) is 0 Å². The van der Waals surface area contributed by atoms with Crippen molar-refractivity contribution < 1.29 is 0 Å². The van der Waals surface area contributed by atoms with Crippen molar-refractivity contribution in [2.24, 2.45) is 0 Å². The van der Waals surface area contributed by atoms with E-state index in [1.54, 1.807) is 0 Å². The molecule has 2 atom stereocenters. The van der Waals surface area contributed by atoms with Gasteiger partial charge in [-0.15, -0.1) is 11.3 Å². The highest BCUT2D eigenvalue weighted by atomic mass is 32.1. The van der Waals surface area contributed by atoms with Gasteiger partial charge in [-0.3, -0.25) is 4.90 Å². The fourth-order valence-electron chi connectivity index (χ4n) is 3.37. The lowest BCUT2D eigenvalue weighted by Crippen LogP contribution is -2.36. The number of thiophene rings is 1. The third-order valence-electron chi connectivity index (χ3n) is 4.65. The van der Waals surface area contributed by atoms with E-state index in [2.05, 4.69) is 58.1 Å². The maximum atomic E-state index is 3.92. The number of nitrogens with zero attached hydrogens (tertiary/aromatic N) is 1. The zero-order chi connectivity index (χ0) is 14.1. The quantitative estimate of drug-likeness (QED) is 0.906. The van der Waals surface area contributed by atoms with Gasteiger partial charge in [-0.25, -0.2) is 0 Å². The average Bonchev–Trinajstić information content (AvgIpc) is 3.04. The maximum absolute atomic E-state index is 3.92. The summed E-state index contributed by atoms with van der Waals surface area (Å²) in [6.45, 7) is 2.49. The number of hydrogen-bond donors (Lipinski definition) is 1. The molecule has 0 radical (unpaired) electrons. The second-order valence-corrected chi connectivity index (χ2v) is 7.22. The van der Waals surface area contributed by atoms with Gasteiger partial charge in [0.05, 0.1) is 6.04 Å². The molecular weight excluding hydrogens is 276 g/mol. The number of hydrogen-bond acceptors (Lipinski definition) is 3. The molecule has 2 heterocycles. The van der Waals surface area contributed by atoms with Crippen LogP contribution in [0.5, 0.6) is 0 Å². The van der Waals surface area contributed by atoms with E-state index in [9.17, 15) is 0 Å². The van der Waals surface area contributed by atoms with Gasteiger partial charge in [0.1, 0.15) is 0 Å². The molecule has 21 heavy (non-hydrogen) atoms. The van der Waals surface area contributed by atoms with Gasteiger partial charge in [0.25, 0.3) is 0 Å². The van der Waals surface area contributed by atoms with Crippen LogP contribution in [0.2, 0.25) is 0 Å². The van der Waals surface area contributed by atoms with Crippen molar-refractivity contribution in [3.05, 3.63) is 58.3 Å². The smallest absolute Gasteiger partial charge is 0.0673 e. The van der Waals surface area contributed by atoms with Crippen LogP contribution in [-0.2, 0) is 0 Å². The van der Waals surface area contributed by atoms with Crippen LogP contribution < -0.4 is 5.32 Å². The topological polar surface area (TPSA) is 15.3 Å². The summed E-state index contributed by atoms with van der Waals surface area (Å²) >= 11 is 1.85. The Kier molecular flexibility index (Phi) is 3.80. The van der Waals surface area contributed by atoms with Crippen LogP contribution in [0.1, 0.15) is 35.7 Å². The van der Waals surface area contributed by atoms with Crippen LogP contribution in [0, 0.1) is 0 Å². The largest absolute Gasteiger partial charge is 0.301 e. The first-order valence-corrected chi connectivity index (χ1v) is 8.86. The first-order valence-electron chi connectivity index (χ1n) is 7.98. The summed E-state index contributed by atoms with van der Waals surface area (Å²) in [5, 5.41) is 6.09. The summed E-state index contributed by atoms with van der Waals surface area (Å²) in [5.74, 6) is 0. The van der Waals surface area contributed by atoms with Crippen molar-refractivity contribution in [3.8, 4) is 0 Å². The molecule has 1 saturated carbocycles. The molecule has 1 N–H and O–H groups in total. The molecule has 2 aliphatic rings. The van der Waals surface area contributed by atoms with Crippen LogP contribution in [-0.4, -0.2) is 30.1 Å². The van der Waals surface area contributed by atoms with Gasteiger partial charge < -0.3 is 5.32 Å². The van der Waals surface area contributed by atoms with Crippen molar-refractivity contribution in [2.75, 3.05) is 13.1 Å². The van der Waals surface area contributed by atoms with Crippen LogP contribution in [0.25, 0.3) is 0 Å². The van der Waals surface area contributed by atoms with Crippen molar-refractivity contribution >= 4 is 11.3 Å². The minimum absolute atomic E-state index is 0.343. The fraction of sp³-hybridized carbons (Fsp3) is 0.444. The lowest BCUT2D eigenvalue weighted by molar-refractivity contribution is 0.315. The number of benzene rings is 1. The van der Waals surface area contributed by atoms with Gasteiger partial charge in [-0.1, -0.05) is 36.4 Å². The summed E-state index contributed by atoms with van der Waals surface area (Å²) in [4.78, 5) is 4.10. The van der Waals surface area contributed by atoms with E-state index >= 15 is 0 Å². The Hall–Kier alpha value is -1.16. The van der Waals surface area contributed by atoms with E-state index in [4.69, 9.17) is 0 Å². The molecule has 1 aromatic heterocycles. The maximum Gasteiger partial charge on any atom is 0.0673 e. The van der Waals surface area contributed by atoms with E-state index in [-0.39, 0.29) is 0 Å². The Morgan fingerprint density at radius 3 is 2.62 bits per heavy atom. The van der Waals surface area contributed by atoms with Crippen molar-refractivity contribution in [1.29, 1.82) is 0 Å². The Labute approximate surface area is 130 Å². The molecule has 0 amide bonds. The summed E-state index contributed by atoms with van der Waals surface area (Å²) in [6.07, 6.45) is 4.12. The van der Waals surface area contributed by atoms with Gasteiger partial charge >= 0.3 is 0 Å². The Bertz CT molecular complexity index is 562. The number of rotatable bonds is 5. The van der Waals surface area contributed by atoms with E-state index in [0.29, 0.717) is 12.1 Å². The molecule has 2 aromatic rings. The molecule has 0 bridgehead atoms. The van der Waals surface area contributed by atoms with Crippen molar-refractivity contribution in [3.63, 3.8) is 0 Å². The zero-order valence-corrected chi connectivity index (χ0v) is 13.1. The molecular formula is C18H22N2S. The molecule has 3 heteroatoms. The highest BCUT2D eigenvalue weighted by molar-refractivity contribution is 7.10. The molecule has 4 rings (SSSR count). The second-order valence-electron chi connectivity index (χ2n) is 6.24. The first-order chi connectivity index (χ1) is 10.4. The molecule has 2 nitrogen and oxygen atoms in total. The highest BCUT2D eigenvalue weighted by Crippen LogP contribution is 2.32. The number of likely N-dealkylation sites (tertiary alicyclic amines) is 1. The molecule has 1 aromatic carbocycles. The van der Waals surface area contributed by atoms with Crippen molar-refractivity contribution in [1.82, 2.24) is 10.2 Å². The lowest BCUT2D eigenvalue weighted by Gasteiger charge is -2.23. The van der Waals surface area contributed by atoms with E-state index in [1.807, 2.05) is 11.3 Å². The predicted molar refractivity (Wildman–Crippen MR) is 88.7 cm³/mol. The van der Waals surface area contributed by atoms with Crippen molar-refractivity contribution in [2.45, 2.75) is 37.4 Å². The molecule has 110 valence electrons. The minimum Gasteiger partial charge on any atom is -0.301 e. The average molecular weight is 298 g/mol. The first kappa shape index (κ1) is 13.5. The predicted octanol–water partition coefficient (Wildman–Crippen LogP) is 3.66. The lowest BCUT2D eigenvalue weighted by atomic mass is 10.0.